The van der Waals surface area contributed by atoms with Crippen molar-refractivity contribution in [1.82, 2.24) is 10.4 Å². The summed E-state index contributed by atoms with van der Waals surface area (Å²) in [4.78, 5) is 43.6. The van der Waals surface area contributed by atoms with E-state index in [1.165, 1.54) is 0 Å². The Hall–Kier alpha value is -2.42. The normalized spacial score (nSPS) is 10.3. The summed E-state index contributed by atoms with van der Waals surface area (Å²) >= 11 is 0. The van der Waals surface area contributed by atoms with Gasteiger partial charge in [-0.2, -0.15) is 5.01 Å². The fraction of sp³-hybridized carbons (Fsp3) is 0.400. The standard InChI is InChI=1S/C10H14N2O7/c1-18-9(16)5-12(6-10(17)19-2)11-7(13)3-4-8(14)15/h3-4H,5-6H2,1-2H3,(H,11,13)(H,14,15)/b4-3+. The fourth-order valence-corrected chi connectivity index (χ4v) is 0.916. The molecular formula is C10H14N2O7. The van der Waals surface area contributed by atoms with Crippen LogP contribution in [0.5, 0.6) is 0 Å². The lowest BCUT2D eigenvalue weighted by molar-refractivity contribution is -0.148. The average molecular weight is 274 g/mol. The van der Waals surface area contributed by atoms with Crippen LogP contribution in [0.1, 0.15) is 0 Å². The van der Waals surface area contributed by atoms with Gasteiger partial charge in [0.2, 0.25) is 0 Å². The van der Waals surface area contributed by atoms with Gasteiger partial charge in [0.25, 0.3) is 5.91 Å². The van der Waals surface area contributed by atoms with Crippen LogP contribution in [0, 0.1) is 0 Å². The largest absolute Gasteiger partial charge is 0.478 e. The maximum atomic E-state index is 11.3. The van der Waals surface area contributed by atoms with Crippen LogP contribution >= 0.6 is 0 Å². The smallest absolute Gasteiger partial charge is 0.328 e. The van der Waals surface area contributed by atoms with Crippen molar-refractivity contribution in [3.05, 3.63) is 12.2 Å². The van der Waals surface area contributed by atoms with E-state index in [1.807, 2.05) is 0 Å². The maximum Gasteiger partial charge on any atom is 0.328 e. The van der Waals surface area contributed by atoms with Gasteiger partial charge in [0.1, 0.15) is 13.1 Å². The monoisotopic (exact) mass is 274 g/mol. The summed E-state index contributed by atoms with van der Waals surface area (Å²) in [6.45, 7) is -0.781. The van der Waals surface area contributed by atoms with Crippen molar-refractivity contribution >= 4 is 23.8 Å². The molecule has 0 saturated heterocycles. The number of amides is 1. The van der Waals surface area contributed by atoms with E-state index in [1.54, 1.807) is 0 Å². The number of carbonyl (C=O) groups is 4. The Bertz CT molecular complexity index is 373. The van der Waals surface area contributed by atoms with E-state index in [0.717, 1.165) is 25.3 Å². The van der Waals surface area contributed by atoms with Crippen molar-refractivity contribution in [3.8, 4) is 0 Å². The molecule has 106 valence electrons. The van der Waals surface area contributed by atoms with Gasteiger partial charge in [-0.25, -0.2) is 4.79 Å². The molecular weight excluding hydrogens is 260 g/mol. The van der Waals surface area contributed by atoms with E-state index >= 15 is 0 Å². The minimum atomic E-state index is -1.30. The van der Waals surface area contributed by atoms with Crippen LogP contribution in [0.15, 0.2) is 12.2 Å². The van der Waals surface area contributed by atoms with Gasteiger partial charge in [0.15, 0.2) is 0 Å². The van der Waals surface area contributed by atoms with Gasteiger partial charge in [0, 0.05) is 12.2 Å². The van der Waals surface area contributed by atoms with Crippen molar-refractivity contribution in [2.45, 2.75) is 0 Å². The van der Waals surface area contributed by atoms with E-state index in [4.69, 9.17) is 5.11 Å². The number of rotatable bonds is 7. The molecule has 0 spiro atoms. The number of carbonyl (C=O) groups excluding carboxylic acids is 3. The number of nitrogens with one attached hydrogen (secondary N) is 1. The highest BCUT2D eigenvalue weighted by Gasteiger charge is 2.16. The topological polar surface area (TPSA) is 122 Å². The number of ether oxygens (including phenoxy) is 2. The summed E-state index contributed by atoms with van der Waals surface area (Å²) in [5, 5.41) is 9.27. The predicted octanol–water partition coefficient (Wildman–Crippen LogP) is -1.69. The summed E-state index contributed by atoms with van der Waals surface area (Å²) in [7, 11) is 2.29. The maximum absolute atomic E-state index is 11.3. The first-order valence-electron chi connectivity index (χ1n) is 4.99. The number of hydrazine groups is 1. The number of methoxy groups -OCH3 is 2. The van der Waals surface area contributed by atoms with Gasteiger partial charge >= 0.3 is 17.9 Å². The van der Waals surface area contributed by atoms with Crippen LogP contribution in [0.2, 0.25) is 0 Å². The lowest BCUT2D eigenvalue weighted by atomic mass is 10.4. The molecule has 0 aromatic carbocycles. The van der Waals surface area contributed by atoms with Crippen LogP contribution in [0.4, 0.5) is 0 Å². The Balaban J connectivity index is 4.56. The van der Waals surface area contributed by atoms with E-state index in [0.29, 0.717) is 6.08 Å². The first kappa shape index (κ1) is 16.6. The van der Waals surface area contributed by atoms with Crippen LogP contribution in [-0.4, -0.2) is 61.2 Å². The second-order valence-corrected chi connectivity index (χ2v) is 3.16. The molecule has 0 fully saturated rings. The van der Waals surface area contributed by atoms with Crippen molar-refractivity contribution in [1.29, 1.82) is 0 Å². The molecule has 0 rings (SSSR count). The molecule has 0 radical (unpaired) electrons. The second kappa shape index (κ2) is 8.64. The molecule has 0 atom stereocenters. The molecule has 0 aliphatic carbocycles. The number of esters is 2. The van der Waals surface area contributed by atoms with Gasteiger partial charge in [-0.05, 0) is 0 Å². The Morgan fingerprint density at radius 3 is 1.89 bits per heavy atom. The molecule has 0 bridgehead atoms. The molecule has 9 nitrogen and oxygen atoms in total. The predicted molar refractivity (Wildman–Crippen MR) is 60.5 cm³/mol. The highest BCUT2D eigenvalue weighted by atomic mass is 16.5. The van der Waals surface area contributed by atoms with Gasteiger partial charge in [0.05, 0.1) is 14.2 Å². The summed E-state index contributed by atoms with van der Waals surface area (Å²) in [5.74, 6) is -3.49. The highest BCUT2D eigenvalue weighted by Crippen LogP contribution is 1.88. The molecule has 0 saturated carbocycles. The van der Waals surface area contributed by atoms with Gasteiger partial charge in [-0.3, -0.25) is 19.8 Å². The molecule has 0 unspecified atom stereocenters. The SMILES string of the molecule is COC(=O)CN(CC(=O)OC)NC(=O)/C=C/C(=O)O. The van der Waals surface area contributed by atoms with Crippen molar-refractivity contribution < 1.29 is 33.8 Å². The molecule has 0 aromatic rings. The first-order valence-corrected chi connectivity index (χ1v) is 4.99. The van der Waals surface area contributed by atoms with Gasteiger partial charge < -0.3 is 14.6 Å². The van der Waals surface area contributed by atoms with E-state index in [9.17, 15) is 19.2 Å². The number of carboxylic acids is 1. The van der Waals surface area contributed by atoms with E-state index < -0.39 is 36.9 Å². The number of carboxylic acid groups (broad SMARTS) is 1. The molecule has 1 amide bonds. The first-order chi connectivity index (χ1) is 8.88. The third-order valence-electron chi connectivity index (χ3n) is 1.74. The molecule has 0 aliphatic heterocycles. The zero-order valence-corrected chi connectivity index (χ0v) is 10.4. The Morgan fingerprint density at radius 1 is 1.05 bits per heavy atom. The highest BCUT2D eigenvalue weighted by molar-refractivity contribution is 5.93. The third-order valence-corrected chi connectivity index (χ3v) is 1.74. The van der Waals surface area contributed by atoms with Crippen molar-refractivity contribution in [2.24, 2.45) is 0 Å². The minimum Gasteiger partial charge on any atom is -0.478 e. The quantitative estimate of drug-likeness (QED) is 0.320. The molecule has 9 heteroatoms. The van der Waals surface area contributed by atoms with E-state index in [-0.39, 0.29) is 0 Å². The van der Waals surface area contributed by atoms with Crippen LogP contribution < -0.4 is 5.43 Å². The lowest BCUT2D eigenvalue weighted by Crippen LogP contribution is -2.47. The Labute approximate surface area is 108 Å². The third kappa shape index (κ3) is 8.32. The van der Waals surface area contributed by atoms with Gasteiger partial charge in [-0.1, -0.05) is 0 Å². The van der Waals surface area contributed by atoms with Crippen LogP contribution in [0.3, 0.4) is 0 Å². The number of aliphatic carboxylic acids is 1. The zero-order valence-electron chi connectivity index (χ0n) is 10.4. The summed E-state index contributed by atoms with van der Waals surface area (Å²) in [6, 6.07) is 0. The second-order valence-electron chi connectivity index (χ2n) is 3.16. The van der Waals surface area contributed by atoms with Crippen LogP contribution in [0.25, 0.3) is 0 Å². The molecule has 19 heavy (non-hydrogen) atoms. The fourth-order valence-electron chi connectivity index (χ4n) is 0.916. The Kier molecular flexibility index (Phi) is 7.54. The molecule has 0 aromatic heterocycles. The Morgan fingerprint density at radius 2 is 1.53 bits per heavy atom. The molecule has 2 N–H and O–H groups in total. The lowest BCUT2D eigenvalue weighted by Gasteiger charge is -2.19. The summed E-state index contributed by atoms with van der Waals surface area (Å²) in [6.07, 6.45) is 1.35. The molecule has 0 heterocycles. The summed E-state index contributed by atoms with van der Waals surface area (Å²) in [5.41, 5.74) is 2.15. The number of nitrogens with zero attached hydrogens (tertiary/aromatic N) is 1. The molecule has 0 aliphatic rings. The van der Waals surface area contributed by atoms with Gasteiger partial charge in [-0.15, -0.1) is 0 Å². The summed E-state index contributed by atoms with van der Waals surface area (Å²) < 4.78 is 8.76. The zero-order chi connectivity index (χ0) is 14.8. The minimum absolute atomic E-state index is 0.391. The van der Waals surface area contributed by atoms with E-state index in [2.05, 4.69) is 14.9 Å². The number of hydrogen-bond donors (Lipinski definition) is 2. The number of hydrogen-bond acceptors (Lipinski definition) is 7. The average Bonchev–Trinajstić information content (AvgIpc) is 2.35. The van der Waals surface area contributed by atoms with Crippen molar-refractivity contribution in [3.63, 3.8) is 0 Å². The van der Waals surface area contributed by atoms with Crippen molar-refractivity contribution in [2.75, 3.05) is 27.3 Å². The van der Waals surface area contributed by atoms with Crippen LogP contribution in [-0.2, 0) is 28.7 Å².